The number of aryl methyl sites for hydroxylation is 1. The van der Waals surface area contributed by atoms with Crippen LogP contribution < -0.4 is 10.6 Å². The van der Waals surface area contributed by atoms with Crippen molar-refractivity contribution >= 4 is 39.1 Å². The van der Waals surface area contributed by atoms with Gasteiger partial charge in [0.15, 0.2) is 0 Å². The van der Waals surface area contributed by atoms with Crippen LogP contribution in [-0.2, 0) is 9.59 Å². The lowest BCUT2D eigenvalue weighted by Crippen LogP contribution is -2.20. The molecule has 0 bridgehead atoms. The average Bonchev–Trinajstić information content (AvgIpc) is 3.32. The van der Waals surface area contributed by atoms with Crippen molar-refractivity contribution < 1.29 is 9.59 Å². The minimum atomic E-state index is -0.257. The van der Waals surface area contributed by atoms with Crippen LogP contribution in [0.5, 0.6) is 0 Å². The molecule has 0 saturated heterocycles. The van der Waals surface area contributed by atoms with Crippen molar-refractivity contribution in [1.29, 1.82) is 0 Å². The van der Waals surface area contributed by atoms with Crippen molar-refractivity contribution in [3.8, 4) is 0 Å². The van der Waals surface area contributed by atoms with Crippen LogP contribution in [0.4, 0.5) is 11.4 Å². The molecule has 1 aliphatic carbocycles. The van der Waals surface area contributed by atoms with Crippen LogP contribution in [0.25, 0.3) is 0 Å². The Kier molecular flexibility index (Phi) is 4.48. The van der Waals surface area contributed by atoms with E-state index in [1.165, 1.54) is 0 Å². The van der Waals surface area contributed by atoms with Crippen molar-refractivity contribution in [2.75, 3.05) is 10.6 Å². The van der Waals surface area contributed by atoms with E-state index in [0.717, 1.165) is 21.4 Å². The van der Waals surface area contributed by atoms with E-state index in [1.54, 1.807) is 0 Å². The maximum Gasteiger partial charge on any atom is 0.228 e. The highest BCUT2D eigenvalue weighted by Crippen LogP contribution is 2.40. The molecule has 1 aliphatic rings. The van der Waals surface area contributed by atoms with E-state index in [1.807, 2.05) is 55.5 Å². The second-order valence-electron chi connectivity index (χ2n) is 5.77. The molecule has 1 saturated carbocycles. The molecule has 2 aromatic carbocycles. The zero-order valence-corrected chi connectivity index (χ0v) is 14.3. The number of nitrogens with one attached hydrogen (secondary N) is 2. The van der Waals surface area contributed by atoms with Gasteiger partial charge in [-0.2, -0.15) is 0 Å². The van der Waals surface area contributed by atoms with E-state index < -0.39 is 0 Å². The van der Waals surface area contributed by atoms with Gasteiger partial charge >= 0.3 is 0 Å². The Balaban J connectivity index is 1.56. The zero-order chi connectivity index (χ0) is 16.4. The molecule has 4 nitrogen and oxygen atoms in total. The SMILES string of the molecule is Cc1ccc(NC(=O)C2CC2C(=O)Nc2ccccc2Br)cc1. The number of rotatable bonds is 4. The van der Waals surface area contributed by atoms with Crippen LogP contribution >= 0.6 is 15.9 Å². The van der Waals surface area contributed by atoms with Crippen LogP contribution in [0.3, 0.4) is 0 Å². The van der Waals surface area contributed by atoms with Crippen molar-refractivity contribution in [2.45, 2.75) is 13.3 Å². The Morgan fingerprint density at radius 3 is 2.22 bits per heavy atom. The third kappa shape index (κ3) is 3.79. The minimum absolute atomic E-state index is 0.0962. The summed E-state index contributed by atoms with van der Waals surface area (Å²) in [6, 6.07) is 15.1. The molecule has 2 amide bonds. The molecule has 118 valence electrons. The third-order valence-corrected chi connectivity index (χ3v) is 4.61. The number of halogens is 1. The summed E-state index contributed by atoms with van der Waals surface area (Å²) >= 11 is 3.39. The van der Waals surface area contributed by atoms with Gasteiger partial charge in [-0.05, 0) is 53.5 Å². The smallest absolute Gasteiger partial charge is 0.228 e. The van der Waals surface area contributed by atoms with E-state index in [-0.39, 0.29) is 23.7 Å². The summed E-state index contributed by atoms with van der Waals surface area (Å²) in [6.07, 6.45) is 0.591. The highest BCUT2D eigenvalue weighted by molar-refractivity contribution is 9.10. The summed E-state index contributed by atoms with van der Waals surface area (Å²) in [5, 5.41) is 5.73. The van der Waals surface area contributed by atoms with Gasteiger partial charge < -0.3 is 10.6 Å². The molecule has 2 aromatic rings. The molecule has 0 aromatic heterocycles. The lowest BCUT2D eigenvalue weighted by molar-refractivity contribution is -0.122. The molecule has 3 rings (SSSR count). The lowest BCUT2D eigenvalue weighted by Gasteiger charge is -2.07. The molecule has 23 heavy (non-hydrogen) atoms. The molecule has 2 unspecified atom stereocenters. The van der Waals surface area contributed by atoms with Gasteiger partial charge in [-0.1, -0.05) is 29.8 Å². The average molecular weight is 373 g/mol. The quantitative estimate of drug-likeness (QED) is 0.852. The molecule has 5 heteroatoms. The van der Waals surface area contributed by atoms with Crippen LogP contribution in [0.1, 0.15) is 12.0 Å². The van der Waals surface area contributed by atoms with Gasteiger partial charge in [-0.25, -0.2) is 0 Å². The molecule has 0 aliphatic heterocycles. The van der Waals surface area contributed by atoms with Gasteiger partial charge in [-0.15, -0.1) is 0 Å². The fourth-order valence-corrected chi connectivity index (χ4v) is 2.82. The predicted octanol–water partition coefficient (Wildman–Crippen LogP) is 3.97. The Morgan fingerprint density at radius 2 is 1.57 bits per heavy atom. The maximum atomic E-state index is 12.2. The van der Waals surface area contributed by atoms with Crippen molar-refractivity contribution in [3.63, 3.8) is 0 Å². The Morgan fingerprint density at radius 1 is 0.957 bits per heavy atom. The van der Waals surface area contributed by atoms with Crippen LogP contribution in [0, 0.1) is 18.8 Å². The maximum absolute atomic E-state index is 12.2. The fourth-order valence-electron chi connectivity index (χ4n) is 2.43. The number of benzene rings is 2. The molecule has 1 fully saturated rings. The number of hydrogen-bond acceptors (Lipinski definition) is 2. The molecule has 0 heterocycles. The van der Waals surface area contributed by atoms with Crippen molar-refractivity contribution in [3.05, 3.63) is 58.6 Å². The molecule has 0 spiro atoms. The summed E-state index contributed by atoms with van der Waals surface area (Å²) in [4.78, 5) is 24.4. The minimum Gasteiger partial charge on any atom is -0.326 e. The fraction of sp³-hybridized carbons (Fsp3) is 0.222. The van der Waals surface area contributed by atoms with E-state index in [9.17, 15) is 9.59 Å². The topological polar surface area (TPSA) is 58.2 Å². The lowest BCUT2D eigenvalue weighted by atomic mass is 10.2. The first kappa shape index (κ1) is 15.7. The summed E-state index contributed by atoms with van der Waals surface area (Å²) in [7, 11) is 0. The summed E-state index contributed by atoms with van der Waals surface area (Å²) in [5.74, 6) is -0.714. The molecular formula is C18H17BrN2O2. The highest BCUT2D eigenvalue weighted by Gasteiger charge is 2.48. The standard InChI is InChI=1S/C18H17BrN2O2/c1-11-6-8-12(9-7-11)20-17(22)13-10-14(13)18(23)21-16-5-3-2-4-15(16)19/h2-9,13-14H,10H2,1H3,(H,20,22)(H,21,23). The summed E-state index contributed by atoms with van der Waals surface area (Å²) in [6.45, 7) is 1.99. The molecule has 2 N–H and O–H groups in total. The van der Waals surface area contributed by atoms with Gasteiger partial charge in [0, 0.05) is 10.2 Å². The molecular weight excluding hydrogens is 356 g/mol. The van der Waals surface area contributed by atoms with Gasteiger partial charge in [0.1, 0.15) is 0 Å². The second-order valence-corrected chi connectivity index (χ2v) is 6.63. The third-order valence-electron chi connectivity index (χ3n) is 3.91. The first-order chi connectivity index (χ1) is 11.0. The largest absolute Gasteiger partial charge is 0.326 e. The zero-order valence-electron chi connectivity index (χ0n) is 12.7. The van der Waals surface area contributed by atoms with Gasteiger partial charge in [0.2, 0.25) is 11.8 Å². The van der Waals surface area contributed by atoms with Gasteiger partial charge in [0.05, 0.1) is 17.5 Å². The number of anilines is 2. The number of hydrogen-bond donors (Lipinski definition) is 2. The predicted molar refractivity (Wildman–Crippen MR) is 94.2 cm³/mol. The first-order valence-electron chi connectivity index (χ1n) is 7.47. The normalized spacial score (nSPS) is 19.0. The molecule has 0 radical (unpaired) electrons. The van der Waals surface area contributed by atoms with Crippen LogP contribution in [0.2, 0.25) is 0 Å². The monoisotopic (exact) mass is 372 g/mol. The van der Waals surface area contributed by atoms with Gasteiger partial charge in [0.25, 0.3) is 0 Å². The van der Waals surface area contributed by atoms with E-state index in [0.29, 0.717) is 6.42 Å². The Hall–Kier alpha value is -2.14. The van der Waals surface area contributed by atoms with E-state index in [4.69, 9.17) is 0 Å². The number of amides is 2. The number of carbonyl (C=O) groups excluding carboxylic acids is 2. The number of para-hydroxylation sites is 1. The van der Waals surface area contributed by atoms with Crippen LogP contribution in [-0.4, -0.2) is 11.8 Å². The van der Waals surface area contributed by atoms with Gasteiger partial charge in [-0.3, -0.25) is 9.59 Å². The van der Waals surface area contributed by atoms with E-state index >= 15 is 0 Å². The Bertz CT molecular complexity index is 743. The van der Waals surface area contributed by atoms with Crippen molar-refractivity contribution in [2.24, 2.45) is 11.8 Å². The second kappa shape index (κ2) is 6.54. The highest BCUT2D eigenvalue weighted by atomic mass is 79.9. The van der Waals surface area contributed by atoms with Crippen LogP contribution in [0.15, 0.2) is 53.0 Å². The summed E-state index contributed by atoms with van der Waals surface area (Å²) < 4.78 is 0.828. The van der Waals surface area contributed by atoms with Crippen molar-refractivity contribution in [1.82, 2.24) is 0 Å². The molecule has 2 atom stereocenters. The Labute approximate surface area is 143 Å². The first-order valence-corrected chi connectivity index (χ1v) is 8.27. The van der Waals surface area contributed by atoms with E-state index in [2.05, 4.69) is 26.6 Å². The number of carbonyl (C=O) groups is 2. The summed E-state index contributed by atoms with van der Waals surface area (Å²) in [5.41, 5.74) is 2.62.